The van der Waals surface area contributed by atoms with Crippen molar-refractivity contribution in [2.75, 3.05) is 18.5 Å². The van der Waals surface area contributed by atoms with E-state index in [1.807, 2.05) is 0 Å². The molecule has 0 spiro atoms. The number of benzene rings is 1. The van der Waals surface area contributed by atoms with Crippen molar-refractivity contribution in [1.82, 2.24) is 0 Å². The van der Waals surface area contributed by atoms with E-state index in [9.17, 15) is 0 Å². The van der Waals surface area contributed by atoms with E-state index in [1.54, 1.807) is 0 Å². The van der Waals surface area contributed by atoms with Crippen molar-refractivity contribution in [2.45, 2.75) is 45.6 Å². The second-order valence-corrected chi connectivity index (χ2v) is 5.41. The topological polar surface area (TPSA) is 21.3 Å². The lowest BCUT2D eigenvalue weighted by Gasteiger charge is -2.28. The molecule has 1 fully saturated rings. The van der Waals surface area contributed by atoms with Gasteiger partial charge in [0.2, 0.25) is 0 Å². The summed E-state index contributed by atoms with van der Waals surface area (Å²) < 4.78 is 5.99. The summed E-state index contributed by atoms with van der Waals surface area (Å²) in [5.41, 5.74) is 2.52. The molecule has 1 N–H and O–H groups in total. The molecule has 0 saturated heterocycles. The number of rotatable bonds is 5. The second kappa shape index (κ2) is 6.79. The first kappa shape index (κ1) is 13.4. The van der Waals surface area contributed by atoms with Gasteiger partial charge in [0.15, 0.2) is 0 Å². The zero-order valence-corrected chi connectivity index (χ0v) is 11.6. The molecule has 2 heteroatoms. The minimum atomic E-state index is 0.484. The van der Waals surface area contributed by atoms with Crippen LogP contribution >= 0.6 is 0 Å². The molecule has 1 saturated carbocycles. The van der Waals surface area contributed by atoms with Gasteiger partial charge < -0.3 is 10.1 Å². The number of aryl methyl sites for hydroxylation is 1. The first-order valence-electron chi connectivity index (χ1n) is 7.18. The molecule has 1 aliphatic rings. The van der Waals surface area contributed by atoms with Crippen LogP contribution in [0.2, 0.25) is 0 Å². The Bertz CT molecular complexity index is 364. The molecule has 1 aliphatic carbocycles. The highest BCUT2D eigenvalue weighted by Gasteiger charge is 2.21. The molecule has 0 radical (unpaired) electrons. The standard InChI is InChI=1S/C16H25NO/c1-13-7-3-5-9-15(13)17-11-12-18-16-10-6-4-8-14(16)2/h3,5,7,9,14,16-17H,4,6,8,10-12H2,1-2H3. The van der Waals surface area contributed by atoms with Gasteiger partial charge in [-0.25, -0.2) is 0 Å². The van der Waals surface area contributed by atoms with E-state index in [0.717, 1.165) is 19.1 Å². The van der Waals surface area contributed by atoms with Crippen LogP contribution in [-0.4, -0.2) is 19.3 Å². The van der Waals surface area contributed by atoms with Crippen LogP contribution in [0.1, 0.15) is 38.2 Å². The highest BCUT2D eigenvalue weighted by Crippen LogP contribution is 2.26. The minimum Gasteiger partial charge on any atom is -0.383 e. The fourth-order valence-corrected chi connectivity index (χ4v) is 2.70. The van der Waals surface area contributed by atoms with Crippen LogP contribution in [0.3, 0.4) is 0 Å². The molecule has 1 aromatic carbocycles. The third-order valence-electron chi connectivity index (χ3n) is 3.93. The summed E-state index contributed by atoms with van der Waals surface area (Å²) in [5, 5.41) is 3.44. The van der Waals surface area contributed by atoms with Gasteiger partial charge in [0.25, 0.3) is 0 Å². The van der Waals surface area contributed by atoms with E-state index >= 15 is 0 Å². The van der Waals surface area contributed by atoms with E-state index in [4.69, 9.17) is 4.74 Å². The van der Waals surface area contributed by atoms with Crippen LogP contribution in [0.4, 0.5) is 5.69 Å². The molecular weight excluding hydrogens is 222 g/mol. The van der Waals surface area contributed by atoms with Crippen LogP contribution in [0.5, 0.6) is 0 Å². The van der Waals surface area contributed by atoms with Gasteiger partial charge >= 0.3 is 0 Å². The molecule has 0 heterocycles. The van der Waals surface area contributed by atoms with Crippen molar-refractivity contribution in [3.05, 3.63) is 29.8 Å². The smallest absolute Gasteiger partial charge is 0.0642 e. The summed E-state index contributed by atoms with van der Waals surface area (Å²) in [6.45, 7) is 6.16. The van der Waals surface area contributed by atoms with Crippen molar-refractivity contribution in [1.29, 1.82) is 0 Å². The molecule has 2 atom stereocenters. The lowest BCUT2D eigenvalue weighted by Crippen LogP contribution is -2.27. The zero-order valence-electron chi connectivity index (χ0n) is 11.6. The van der Waals surface area contributed by atoms with Crippen molar-refractivity contribution >= 4 is 5.69 Å². The SMILES string of the molecule is Cc1ccccc1NCCOC1CCCCC1C. The fraction of sp³-hybridized carbons (Fsp3) is 0.625. The predicted octanol–water partition coefficient (Wildman–Crippen LogP) is 4.00. The van der Waals surface area contributed by atoms with Gasteiger partial charge in [-0.15, -0.1) is 0 Å². The van der Waals surface area contributed by atoms with Crippen molar-refractivity contribution < 1.29 is 4.74 Å². The predicted molar refractivity (Wildman–Crippen MR) is 77.0 cm³/mol. The zero-order chi connectivity index (χ0) is 12.8. The summed E-state index contributed by atoms with van der Waals surface area (Å²) in [6.07, 6.45) is 5.77. The number of anilines is 1. The monoisotopic (exact) mass is 247 g/mol. The molecule has 1 aromatic rings. The number of hydrogen-bond acceptors (Lipinski definition) is 2. The first-order valence-corrected chi connectivity index (χ1v) is 7.18. The fourth-order valence-electron chi connectivity index (χ4n) is 2.70. The second-order valence-electron chi connectivity index (χ2n) is 5.41. The quantitative estimate of drug-likeness (QED) is 0.794. The molecule has 2 rings (SSSR count). The van der Waals surface area contributed by atoms with Crippen molar-refractivity contribution in [3.8, 4) is 0 Å². The van der Waals surface area contributed by atoms with Gasteiger partial charge in [0.05, 0.1) is 12.7 Å². The maximum Gasteiger partial charge on any atom is 0.0642 e. The highest BCUT2D eigenvalue weighted by atomic mass is 16.5. The van der Waals surface area contributed by atoms with E-state index in [0.29, 0.717) is 6.10 Å². The Morgan fingerprint density at radius 2 is 2.00 bits per heavy atom. The molecule has 0 aliphatic heterocycles. The Morgan fingerprint density at radius 1 is 1.22 bits per heavy atom. The van der Waals surface area contributed by atoms with Crippen molar-refractivity contribution in [2.24, 2.45) is 5.92 Å². The van der Waals surface area contributed by atoms with E-state index in [-0.39, 0.29) is 0 Å². The maximum absolute atomic E-state index is 5.99. The third kappa shape index (κ3) is 3.74. The summed E-state index contributed by atoms with van der Waals surface area (Å²) >= 11 is 0. The van der Waals surface area contributed by atoms with E-state index < -0.39 is 0 Å². The lowest BCUT2D eigenvalue weighted by molar-refractivity contribution is 0.000391. The number of ether oxygens (including phenoxy) is 1. The molecule has 0 bridgehead atoms. The Morgan fingerprint density at radius 3 is 2.78 bits per heavy atom. The first-order chi connectivity index (χ1) is 8.77. The van der Waals surface area contributed by atoms with Gasteiger partial charge in [0.1, 0.15) is 0 Å². The van der Waals surface area contributed by atoms with Gasteiger partial charge in [-0.3, -0.25) is 0 Å². The number of nitrogens with one attached hydrogen (secondary N) is 1. The largest absolute Gasteiger partial charge is 0.383 e. The van der Waals surface area contributed by atoms with Crippen LogP contribution < -0.4 is 5.32 Å². The average Bonchev–Trinajstić information content (AvgIpc) is 2.38. The van der Waals surface area contributed by atoms with Gasteiger partial charge in [-0.2, -0.15) is 0 Å². The lowest BCUT2D eigenvalue weighted by atomic mass is 9.88. The summed E-state index contributed by atoms with van der Waals surface area (Å²) in [5.74, 6) is 0.734. The normalized spacial score (nSPS) is 23.9. The molecule has 2 nitrogen and oxygen atoms in total. The van der Waals surface area contributed by atoms with Gasteiger partial charge in [0, 0.05) is 12.2 Å². The molecule has 2 unspecified atom stereocenters. The maximum atomic E-state index is 5.99. The highest BCUT2D eigenvalue weighted by molar-refractivity contribution is 5.50. The Kier molecular flexibility index (Phi) is 5.06. The van der Waals surface area contributed by atoms with E-state index in [2.05, 4.69) is 43.4 Å². The van der Waals surface area contributed by atoms with Gasteiger partial charge in [-0.05, 0) is 37.3 Å². The Labute approximate surface area is 111 Å². The Hall–Kier alpha value is -1.02. The third-order valence-corrected chi connectivity index (χ3v) is 3.93. The van der Waals surface area contributed by atoms with Gasteiger partial charge in [-0.1, -0.05) is 38.0 Å². The summed E-state index contributed by atoms with van der Waals surface area (Å²) in [6, 6.07) is 8.39. The molecule has 0 aromatic heterocycles. The van der Waals surface area contributed by atoms with Crippen molar-refractivity contribution in [3.63, 3.8) is 0 Å². The summed E-state index contributed by atoms with van der Waals surface area (Å²) in [4.78, 5) is 0. The number of hydrogen-bond donors (Lipinski definition) is 1. The van der Waals surface area contributed by atoms with Crippen LogP contribution in [-0.2, 0) is 4.74 Å². The summed E-state index contributed by atoms with van der Waals surface area (Å²) in [7, 11) is 0. The molecule has 18 heavy (non-hydrogen) atoms. The Balaban J connectivity index is 1.68. The number of para-hydroxylation sites is 1. The van der Waals surface area contributed by atoms with E-state index in [1.165, 1.54) is 36.9 Å². The van der Waals surface area contributed by atoms with Crippen LogP contribution in [0.15, 0.2) is 24.3 Å². The molecule has 100 valence electrons. The minimum absolute atomic E-state index is 0.484. The van der Waals surface area contributed by atoms with Crippen LogP contribution in [0, 0.1) is 12.8 Å². The average molecular weight is 247 g/mol. The van der Waals surface area contributed by atoms with Crippen LogP contribution in [0.25, 0.3) is 0 Å². The molecule has 0 amide bonds. The molecular formula is C16H25NO.